The zero-order chi connectivity index (χ0) is 23.2. The van der Waals surface area contributed by atoms with Crippen molar-refractivity contribution in [3.05, 3.63) is 60.3 Å². The molecule has 2 atom stereocenters. The molecule has 0 saturated carbocycles. The van der Waals surface area contributed by atoms with Gasteiger partial charge >= 0.3 is 0 Å². The molecule has 1 saturated heterocycles. The Morgan fingerprint density at radius 3 is 2.76 bits per heavy atom. The summed E-state index contributed by atoms with van der Waals surface area (Å²) in [5, 5.41) is 25.4. The predicted molar refractivity (Wildman–Crippen MR) is 122 cm³/mol. The van der Waals surface area contributed by atoms with E-state index in [0.717, 1.165) is 5.82 Å². The topological polar surface area (TPSA) is 166 Å². The predicted octanol–water partition coefficient (Wildman–Crippen LogP) is 1.28. The number of anilines is 4. The van der Waals surface area contributed by atoms with Gasteiger partial charge in [-0.3, -0.25) is 9.78 Å². The first-order valence-corrected chi connectivity index (χ1v) is 10.4. The van der Waals surface area contributed by atoms with Gasteiger partial charge in [-0.15, -0.1) is 0 Å². The van der Waals surface area contributed by atoms with Crippen LogP contribution in [0, 0.1) is 17.2 Å². The molecule has 11 nitrogen and oxygen atoms in total. The fourth-order valence-electron chi connectivity index (χ4n) is 3.79. The second kappa shape index (κ2) is 9.88. The summed E-state index contributed by atoms with van der Waals surface area (Å²) < 4.78 is 0. The molecule has 0 radical (unpaired) electrons. The number of primary amides is 1. The lowest BCUT2D eigenvalue weighted by molar-refractivity contribution is 0.100. The smallest absolute Gasteiger partial charge is 0.252 e. The quantitative estimate of drug-likeness (QED) is 0.416. The van der Waals surface area contributed by atoms with Crippen LogP contribution in [0.1, 0.15) is 22.3 Å². The van der Waals surface area contributed by atoms with Crippen molar-refractivity contribution < 1.29 is 9.90 Å². The highest BCUT2D eigenvalue weighted by atomic mass is 16.3. The molecular formula is C22H23N9O2. The number of nitrogens with zero attached hydrogens (tertiary/aromatic N) is 6. The van der Waals surface area contributed by atoms with E-state index in [1.165, 1.54) is 12.4 Å². The molecule has 3 aromatic rings. The number of hydrogen-bond acceptors (Lipinski definition) is 10. The highest BCUT2D eigenvalue weighted by Crippen LogP contribution is 2.27. The Morgan fingerprint density at radius 2 is 2.09 bits per heavy atom. The molecule has 0 aromatic carbocycles. The number of hydrogen-bond donors (Lipinski definition) is 4. The lowest BCUT2D eigenvalue weighted by atomic mass is 9.92. The zero-order valence-corrected chi connectivity index (χ0v) is 17.7. The van der Waals surface area contributed by atoms with Gasteiger partial charge in [-0.2, -0.15) is 5.26 Å². The third-order valence-corrected chi connectivity index (χ3v) is 5.50. The molecule has 4 heterocycles. The Bertz CT molecular complexity index is 1150. The van der Waals surface area contributed by atoms with E-state index < -0.39 is 5.91 Å². The van der Waals surface area contributed by atoms with Gasteiger partial charge in [0.15, 0.2) is 0 Å². The van der Waals surface area contributed by atoms with Crippen LogP contribution in [-0.4, -0.2) is 56.7 Å². The molecule has 0 unspecified atom stereocenters. The van der Waals surface area contributed by atoms with Gasteiger partial charge in [-0.25, -0.2) is 15.0 Å². The highest BCUT2D eigenvalue weighted by Gasteiger charge is 2.30. The van der Waals surface area contributed by atoms with Crippen LogP contribution < -0.4 is 21.3 Å². The van der Waals surface area contributed by atoms with Gasteiger partial charge in [0.25, 0.3) is 5.91 Å². The Labute approximate surface area is 190 Å². The SMILES string of the molecule is N#Cc1ccc(N2CC[C@@H](Nc3cc(Nc4cnccn4)ncc3C(N)=O)[C@H](CO)C2)nc1. The first-order chi connectivity index (χ1) is 16.1. The molecule has 1 amide bonds. The van der Waals surface area contributed by atoms with Gasteiger partial charge < -0.3 is 26.4 Å². The number of nitrogens with one attached hydrogen (secondary N) is 2. The number of aliphatic hydroxyl groups is 1. The fourth-order valence-corrected chi connectivity index (χ4v) is 3.79. The van der Waals surface area contributed by atoms with E-state index in [1.807, 2.05) is 0 Å². The van der Waals surface area contributed by atoms with E-state index in [-0.39, 0.29) is 24.1 Å². The molecule has 0 aliphatic carbocycles. The van der Waals surface area contributed by atoms with E-state index in [0.29, 0.717) is 42.4 Å². The average Bonchev–Trinajstić information content (AvgIpc) is 2.85. The van der Waals surface area contributed by atoms with Gasteiger partial charge in [0, 0.05) is 62.5 Å². The number of aromatic nitrogens is 4. The Hall–Kier alpha value is -4.30. The average molecular weight is 445 g/mol. The summed E-state index contributed by atoms with van der Waals surface area (Å²) in [7, 11) is 0. The van der Waals surface area contributed by atoms with Crippen LogP contribution in [0.4, 0.5) is 23.1 Å². The fraction of sp³-hybridized carbons (Fsp3) is 0.273. The van der Waals surface area contributed by atoms with Crippen LogP contribution in [0.3, 0.4) is 0 Å². The van der Waals surface area contributed by atoms with Crippen molar-refractivity contribution >= 4 is 29.0 Å². The van der Waals surface area contributed by atoms with Crippen LogP contribution in [0.5, 0.6) is 0 Å². The molecule has 1 aliphatic heterocycles. The monoisotopic (exact) mass is 445 g/mol. The molecule has 11 heteroatoms. The molecule has 168 valence electrons. The van der Waals surface area contributed by atoms with E-state index in [1.54, 1.807) is 36.8 Å². The summed E-state index contributed by atoms with van der Waals surface area (Å²) in [5.41, 5.74) is 6.84. The van der Waals surface area contributed by atoms with Gasteiger partial charge in [-0.1, -0.05) is 0 Å². The Kier molecular flexibility index (Phi) is 6.56. The third kappa shape index (κ3) is 5.13. The molecule has 0 spiro atoms. The first-order valence-electron chi connectivity index (χ1n) is 10.4. The number of rotatable bonds is 7. The molecule has 1 fully saturated rings. The van der Waals surface area contributed by atoms with Gasteiger partial charge in [-0.05, 0) is 18.6 Å². The Morgan fingerprint density at radius 1 is 1.21 bits per heavy atom. The van der Waals surface area contributed by atoms with Crippen molar-refractivity contribution in [2.75, 3.05) is 35.2 Å². The number of aliphatic hydroxyl groups excluding tert-OH is 1. The number of amides is 1. The van der Waals surface area contributed by atoms with Gasteiger partial charge in [0.2, 0.25) is 0 Å². The minimum atomic E-state index is -0.601. The van der Waals surface area contributed by atoms with Crippen molar-refractivity contribution in [3.8, 4) is 6.07 Å². The maximum absolute atomic E-state index is 12.0. The summed E-state index contributed by atoms with van der Waals surface area (Å²) in [5.74, 6) is 1.02. The van der Waals surface area contributed by atoms with Gasteiger partial charge in [0.05, 0.1) is 23.0 Å². The third-order valence-electron chi connectivity index (χ3n) is 5.50. The Balaban J connectivity index is 1.51. The van der Waals surface area contributed by atoms with Crippen LogP contribution in [0.15, 0.2) is 49.2 Å². The highest BCUT2D eigenvalue weighted by molar-refractivity contribution is 5.98. The zero-order valence-electron chi connectivity index (χ0n) is 17.7. The number of carbonyl (C=O) groups is 1. The van der Waals surface area contributed by atoms with Crippen molar-refractivity contribution in [1.29, 1.82) is 5.26 Å². The largest absolute Gasteiger partial charge is 0.396 e. The summed E-state index contributed by atoms with van der Waals surface area (Å²) in [6.07, 6.45) is 8.33. The van der Waals surface area contributed by atoms with Crippen LogP contribution >= 0.6 is 0 Å². The maximum Gasteiger partial charge on any atom is 0.252 e. The number of nitrogens with two attached hydrogens (primary N) is 1. The maximum atomic E-state index is 12.0. The minimum absolute atomic E-state index is 0.0495. The number of pyridine rings is 2. The lowest BCUT2D eigenvalue weighted by Gasteiger charge is -2.39. The standard InChI is InChI=1S/C22H23N9O2/c23-8-14-1-2-21(28-9-14)31-6-3-17(15(12-31)13-32)29-18-7-19(27-10-16(18)22(24)33)30-20-11-25-4-5-26-20/h1-2,4-5,7,9-11,15,17,32H,3,6,12-13H2,(H2,24,33)(H2,26,27,29,30)/t15-,17+/m0/s1. The summed E-state index contributed by atoms with van der Waals surface area (Å²) in [6.45, 7) is 1.20. The van der Waals surface area contributed by atoms with E-state index in [4.69, 9.17) is 11.0 Å². The van der Waals surface area contributed by atoms with Gasteiger partial charge in [0.1, 0.15) is 23.5 Å². The van der Waals surface area contributed by atoms with Crippen molar-refractivity contribution in [2.45, 2.75) is 12.5 Å². The van der Waals surface area contributed by atoms with E-state index >= 15 is 0 Å². The normalized spacial score (nSPS) is 17.8. The van der Waals surface area contributed by atoms with E-state index in [9.17, 15) is 9.90 Å². The lowest BCUT2D eigenvalue weighted by Crippen LogP contribution is -2.48. The second-order valence-electron chi connectivity index (χ2n) is 7.64. The van der Waals surface area contributed by atoms with Crippen LogP contribution in [0.2, 0.25) is 0 Å². The van der Waals surface area contributed by atoms with Crippen molar-refractivity contribution in [1.82, 2.24) is 19.9 Å². The molecule has 1 aliphatic rings. The number of piperidine rings is 1. The summed E-state index contributed by atoms with van der Waals surface area (Å²) in [6, 6.07) is 7.18. The minimum Gasteiger partial charge on any atom is -0.396 e. The van der Waals surface area contributed by atoms with Crippen LogP contribution in [0.25, 0.3) is 0 Å². The molecule has 0 bridgehead atoms. The summed E-state index contributed by atoms with van der Waals surface area (Å²) in [4.78, 5) is 30.8. The molecule has 33 heavy (non-hydrogen) atoms. The molecule has 3 aromatic heterocycles. The molecule has 4 rings (SSSR count). The first kappa shape index (κ1) is 21.9. The van der Waals surface area contributed by atoms with Crippen molar-refractivity contribution in [3.63, 3.8) is 0 Å². The molecule has 5 N–H and O–H groups in total. The van der Waals surface area contributed by atoms with E-state index in [2.05, 4.69) is 41.5 Å². The number of carbonyl (C=O) groups excluding carboxylic acids is 1. The van der Waals surface area contributed by atoms with Crippen LogP contribution in [-0.2, 0) is 0 Å². The molecular weight excluding hydrogens is 422 g/mol. The second-order valence-corrected chi connectivity index (χ2v) is 7.64. The number of nitriles is 1. The summed E-state index contributed by atoms with van der Waals surface area (Å²) >= 11 is 0. The van der Waals surface area contributed by atoms with Crippen molar-refractivity contribution in [2.24, 2.45) is 11.7 Å².